The van der Waals surface area contributed by atoms with Crippen molar-refractivity contribution in [2.75, 3.05) is 5.32 Å². The van der Waals surface area contributed by atoms with Gasteiger partial charge in [0.05, 0.1) is 21.1 Å². The van der Waals surface area contributed by atoms with Gasteiger partial charge in [-0.15, -0.1) is 0 Å². The Hall–Kier alpha value is -2.49. The fraction of sp³-hybridized carbons (Fsp3) is 0.0500. The Labute approximate surface area is 154 Å². The number of rotatable bonds is 1. The van der Waals surface area contributed by atoms with Crippen molar-refractivity contribution in [2.45, 2.75) is 6.17 Å². The second-order valence-corrected chi connectivity index (χ2v) is 6.81. The molecule has 1 unspecified atom stereocenters. The number of halogens is 2. The van der Waals surface area contributed by atoms with E-state index in [1.807, 2.05) is 42.5 Å². The summed E-state index contributed by atoms with van der Waals surface area (Å²) < 4.78 is 2.19. The third-order valence-electron chi connectivity index (χ3n) is 4.59. The van der Waals surface area contributed by atoms with Gasteiger partial charge in [0.15, 0.2) is 0 Å². The zero-order chi connectivity index (χ0) is 17.0. The number of benzene rings is 3. The number of hydrogen-bond acceptors (Lipinski definition) is 2. The molecule has 0 aliphatic carbocycles. The second-order valence-electron chi connectivity index (χ2n) is 6.03. The van der Waals surface area contributed by atoms with Gasteiger partial charge < -0.3 is 5.32 Å². The molecule has 5 heteroatoms. The second kappa shape index (κ2) is 5.51. The molecule has 5 rings (SSSR count). The molecule has 0 fully saturated rings. The van der Waals surface area contributed by atoms with Crippen LogP contribution in [0.15, 0.2) is 66.7 Å². The highest BCUT2D eigenvalue weighted by molar-refractivity contribution is 6.42. The van der Waals surface area contributed by atoms with Crippen molar-refractivity contribution >= 4 is 39.9 Å². The van der Waals surface area contributed by atoms with Crippen LogP contribution in [0.3, 0.4) is 0 Å². The molecule has 0 saturated heterocycles. The van der Waals surface area contributed by atoms with Gasteiger partial charge in [0, 0.05) is 16.8 Å². The lowest BCUT2D eigenvalue weighted by atomic mass is 10.1. The summed E-state index contributed by atoms with van der Waals surface area (Å²) in [6.07, 6.45) is -0.177. The molecule has 0 bridgehead atoms. The number of fused-ring (bicyclic) bond motifs is 5. The maximum Gasteiger partial charge on any atom is 0.145 e. The van der Waals surface area contributed by atoms with Gasteiger partial charge in [-0.05, 0) is 30.3 Å². The highest BCUT2D eigenvalue weighted by Gasteiger charge is 2.29. The first-order valence-corrected chi connectivity index (χ1v) is 8.76. The largest absolute Gasteiger partial charge is 0.360 e. The van der Waals surface area contributed by atoms with E-state index in [-0.39, 0.29) is 6.17 Å². The Morgan fingerprint density at radius 2 is 1.68 bits per heavy atom. The van der Waals surface area contributed by atoms with E-state index in [0.717, 1.165) is 33.7 Å². The Bertz CT molecular complexity index is 1120. The van der Waals surface area contributed by atoms with E-state index in [2.05, 4.69) is 28.1 Å². The van der Waals surface area contributed by atoms with Gasteiger partial charge in [-0.2, -0.15) is 0 Å². The van der Waals surface area contributed by atoms with Gasteiger partial charge in [0.2, 0.25) is 0 Å². The van der Waals surface area contributed by atoms with Gasteiger partial charge in [-0.1, -0.05) is 59.6 Å². The average molecular weight is 366 g/mol. The van der Waals surface area contributed by atoms with Crippen molar-refractivity contribution in [1.82, 2.24) is 9.55 Å². The van der Waals surface area contributed by atoms with E-state index in [1.54, 1.807) is 6.07 Å². The molecule has 0 spiro atoms. The van der Waals surface area contributed by atoms with Crippen LogP contribution in [0.1, 0.15) is 11.7 Å². The first kappa shape index (κ1) is 14.8. The van der Waals surface area contributed by atoms with Crippen molar-refractivity contribution in [1.29, 1.82) is 0 Å². The quantitative estimate of drug-likeness (QED) is 0.449. The fourth-order valence-corrected chi connectivity index (χ4v) is 3.87. The van der Waals surface area contributed by atoms with Crippen LogP contribution >= 0.6 is 23.2 Å². The number of aromatic nitrogens is 2. The zero-order valence-electron chi connectivity index (χ0n) is 13.1. The first-order chi connectivity index (χ1) is 12.2. The van der Waals surface area contributed by atoms with Crippen LogP contribution in [0.25, 0.3) is 22.4 Å². The summed E-state index contributed by atoms with van der Waals surface area (Å²) in [6.45, 7) is 0. The topological polar surface area (TPSA) is 29.9 Å². The minimum absolute atomic E-state index is 0.177. The standard InChI is InChI=1S/C20H13Cl2N3/c21-14-8-5-7-13(18(14)22)20-23-15-9-2-1-6-12(15)19-24-16-10-3-4-11-17(16)25(19)20/h1-11,20,23H. The van der Waals surface area contributed by atoms with Crippen LogP contribution in [-0.4, -0.2) is 9.55 Å². The molecule has 3 nitrogen and oxygen atoms in total. The summed E-state index contributed by atoms with van der Waals surface area (Å²) >= 11 is 12.8. The van der Waals surface area contributed by atoms with Crippen molar-refractivity contribution in [3.8, 4) is 11.4 Å². The summed E-state index contributed by atoms with van der Waals surface area (Å²) in [6, 6.07) is 22.0. The predicted octanol–water partition coefficient (Wildman–Crippen LogP) is 5.98. The van der Waals surface area contributed by atoms with E-state index in [4.69, 9.17) is 28.2 Å². The summed E-state index contributed by atoms with van der Waals surface area (Å²) in [5.74, 6) is 0.927. The van der Waals surface area contributed by atoms with Gasteiger partial charge in [-0.25, -0.2) is 4.98 Å². The van der Waals surface area contributed by atoms with E-state index in [1.165, 1.54) is 0 Å². The highest BCUT2D eigenvalue weighted by atomic mass is 35.5. The number of para-hydroxylation sites is 3. The molecular weight excluding hydrogens is 353 g/mol. The number of nitrogens with zero attached hydrogens (tertiary/aromatic N) is 2. The fourth-order valence-electron chi connectivity index (χ4n) is 3.46. The van der Waals surface area contributed by atoms with Crippen molar-refractivity contribution < 1.29 is 0 Å². The lowest BCUT2D eigenvalue weighted by molar-refractivity contribution is 0.669. The van der Waals surface area contributed by atoms with Crippen LogP contribution in [0, 0.1) is 0 Å². The normalized spacial score (nSPS) is 15.5. The summed E-state index contributed by atoms with van der Waals surface area (Å²) in [4.78, 5) is 4.87. The molecule has 1 aromatic heterocycles. The Kier molecular flexibility index (Phi) is 3.27. The van der Waals surface area contributed by atoms with Crippen molar-refractivity contribution in [3.63, 3.8) is 0 Å². The molecule has 2 heterocycles. The molecule has 4 aromatic rings. The molecule has 1 aliphatic rings. The number of imidazole rings is 1. The zero-order valence-corrected chi connectivity index (χ0v) is 14.6. The molecule has 3 aromatic carbocycles. The minimum Gasteiger partial charge on any atom is -0.360 e. The lowest BCUT2D eigenvalue weighted by Gasteiger charge is -2.31. The van der Waals surface area contributed by atoms with Crippen LogP contribution in [0.5, 0.6) is 0 Å². The third-order valence-corrected chi connectivity index (χ3v) is 5.42. The molecule has 0 radical (unpaired) electrons. The molecule has 0 saturated carbocycles. The highest BCUT2D eigenvalue weighted by Crippen LogP contribution is 2.42. The summed E-state index contributed by atoms with van der Waals surface area (Å²) in [5.41, 5.74) is 5.05. The molecule has 1 aliphatic heterocycles. The maximum atomic E-state index is 6.53. The molecule has 1 atom stereocenters. The Morgan fingerprint density at radius 3 is 2.60 bits per heavy atom. The predicted molar refractivity (Wildman–Crippen MR) is 103 cm³/mol. The number of anilines is 1. The van der Waals surface area contributed by atoms with Gasteiger partial charge in [-0.3, -0.25) is 4.57 Å². The monoisotopic (exact) mass is 365 g/mol. The maximum absolute atomic E-state index is 6.53. The average Bonchev–Trinajstić information content (AvgIpc) is 3.03. The van der Waals surface area contributed by atoms with Crippen LogP contribution in [0.2, 0.25) is 10.0 Å². The Balaban J connectivity index is 1.85. The van der Waals surface area contributed by atoms with Crippen molar-refractivity contribution in [2.24, 2.45) is 0 Å². The summed E-state index contributed by atoms with van der Waals surface area (Å²) in [7, 11) is 0. The van der Waals surface area contributed by atoms with Crippen molar-refractivity contribution in [3.05, 3.63) is 82.3 Å². The molecule has 1 N–H and O–H groups in total. The van der Waals surface area contributed by atoms with E-state index < -0.39 is 0 Å². The molecule has 122 valence electrons. The minimum atomic E-state index is -0.177. The molecular formula is C20H13Cl2N3. The smallest absolute Gasteiger partial charge is 0.145 e. The van der Waals surface area contributed by atoms with E-state index >= 15 is 0 Å². The van der Waals surface area contributed by atoms with Gasteiger partial charge in [0.1, 0.15) is 12.0 Å². The molecule has 25 heavy (non-hydrogen) atoms. The first-order valence-electron chi connectivity index (χ1n) is 8.01. The molecule has 0 amide bonds. The summed E-state index contributed by atoms with van der Waals surface area (Å²) in [5, 5.41) is 4.70. The number of nitrogens with one attached hydrogen (secondary N) is 1. The van der Waals surface area contributed by atoms with E-state index in [9.17, 15) is 0 Å². The third kappa shape index (κ3) is 2.16. The van der Waals surface area contributed by atoms with Crippen LogP contribution < -0.4 is 5.32 Å². The lowest BCUT2D eigenvalue weighted by Crippen LogP contribution is -2.25. The van der Waals surface area contributed by atoms with Crippen LogP contribution in [-0.2, 0) is 0 Å². The van der Waals surface area contributed by atoms with Crippen LogP contribution in [0.4, 0.5) is 5.69 Å². The van der Waals surface area contributed by atoms with Gasteiger partial charge in [0.25, 0.3) is 0 Å². The SMILES string of the molecule is Clc1cccc(C2Nc3ccccc3-c3nc4ccccc4n32)c1Cl. The van der Waals surface area contributed by atoms with E-state index in [0.29, 0.717) is 10.0 Å². The van der Waals surface area contributed by atoms with Gasteiger partial charge >= 0.3 is 0 Å². The Morgan fingerprint density at radius 1 is 0.880 bits per heavy atom. The number of hydrogen-bond donors (Lipinski definition) is 1.